The van der Waals surface area contributed by atoms with E-state index in [0.29, 0.717) is 30.3 Å². The Morgan fingerprint density at radius 3 is 2.61 bits per heavy atom. The Hall–Kier alpha value is -3.40. The van der Waals surface area contributed by atoms with E-state index in [4.69, 9.17) is 19.9 Å². The summed E-state index contributed by atoms with van der Waals surface area (Å²) in [4.78, 5) is 15.8. The Bertz CT molecular complexity index is 1270. The van der Waals surface area contributed by atoms with Crippen LogP contribution in [0, 0.1) is 0 Å². The largest absolute Gasteiger partial charge is 0.494 e. The molecule has 2 aromatic heterocycles. The topological polar surface area (TPSA) is 108 Å². The summed E-state index contributed by atoms with van der Waals surface area (Å²) in [5.41, 5.74) is 9.05. The molecular formula is C26H35N6O4+. The molecule has 0 radical (unpaired) electrons. The molecule has 3 aromatic rings. The lowest BCUT2D eigenvalue weighted by molar-refractivity contribution is -0.714. The molecule has 1 aromatic carbocycles. The number of nitrogens with zero attached hydrogens (tertiary/aromatic N) is 5. The monoisotopic (exact) mass is 495 g/mol. The third-order valence-corrected chi connectivity index (χ3v) is 6.88. The first kappa shape index (κ1) is 24.3. The fourth-order valence-electron chi connectivity index (χ4n) is 4.63. The third-order valence-electron chi connectivity index (χ3n) is 6.88. The van der Waals surface area contributed by atoms with Gasteiger partial charge in [0.25, 0.3) is 5.88 Å². The zero-order chi connectivity index (χ0) is 25.4. The zero-order valence-corrected chi connectivity index (χ0v) is 21.5. The lowest BCUT2D eigenvalue weighted by atomic mass is 9.84. The molecule has 192 valence electrons. The number of ketones is 1. The van der Waals surface area contributed by atoms with Crippen molar-refractivity contribution in [2.24, 2.45) is 0 Å². The van der Waals surface area contributed by atoms with Crippen LogP contribution in [0.4, 0.5) is 11.6 Å². The molecule has 5 rings (SSSR count). The van der Waals surface area contributed by atoms with E-state index in [0.717, 1.165) is 42.9 Å². The van der Waals surface area contributed by atoms with E-state index in [-0.39, 0.29) is 29.8 Å². The highest BCUT2D eigenvalue weighted by molar-refractivity contribution is 5.97. The van der Waals surface area contributed by atoms with E-state index in [1.807, 2.05) is 18.2 Å². The number of hydrogen-bond donors (Lipinski definition) is 1. The molecule has 0 bridgehead atoms. The Kier molecular flexibility index (Phi) is 6.46. The maximum absolute atomic E-state index is 13.6. The number of morpholine rings is 1. The van der Waals surface area contributed by atoms with E-state index in [9.17, 15) is 4.79 Å². The van der Waals surface area contributed by atoms with Crippen LogP contribution in [0.1, 0.15) is 56.0 Å². The normalized spacial score (nSPS) is 16.7. The summed E-state index contributed by atoms with van der Waals surface area (Å²) in [5.74, 6) is 1.44. The maximum Gasteiger partial charge on any atom is 0.355 e. The van der Waals surface area contributed by atoms with Gasteiger partial charge in [-0.05, 0) is 47.0 Å². The molecule has 36 heavy (non-hydrogen) atoms. The number of ether oxygens (including phenoxy) is 3. The van der Waals surface area contributed by atoms with E-state index in [1.54, 1.807) is 17.9 Å². The van der Waals surface area contributed by atoms with Crippen molar-refractivity contribution < 1.29 is 23.7 Å². The van der Waals surface area contributed by atoms with Gasteiger partial charge in [-0.25, -0.2) is 0 Å². The molecule has 0 amide bonds. The predicted molar refractivity (Wildman–Crippen MR) is 135 cm³/mol. The van der Waals surface area contributed by atoms with Gasteiger partial charge in [-0.1, -0.05) is 25.3 Å². The van der Waals surface area contributed by atoms with Gasteiger partial charge in [-0.15, -0.1) is 4.68 Å². The number of aromatic nitrogens is 4. The van der Waals surface area contributed by atoms with Crippen molar-refractivity contribution in [3.05, 3.63) is 35.4 Å². The minimum absolute atomic E-state index is 0.0314. The van der Waals surface area contributed by atoms with Crippen LogP contribution >= 0.6 is 0 Å². The molecule has 0 spiro atoms. The number of carbonyl (C=O) groups is 1. The first-order valence-electron chi connectivity index (χ1n) is 12.5. The number of hydrogen-bond acceptors (Lipinski definition) is 8. The van der Waals surface area contributed by atoms with Crippen molar-refractivity contribution >= 4 is 23.1 Å². The van der Waals surface area contributed by atoms with Crippen molar-refractivity contribution in [1.29, 1.82) is 0 Å². The van der Waals surface area contributed by atoms with E-state index >= 15 is 0 Å². The quantitative estimate of drug-likeness (QED) is 0.394. The minimum Gasteiger partial charge on any atom is -0.494 e. The summed E-state index contributed by atoms with van der Waals surface area (Å²) >= 11 is 0. The molecule has 1 saturated carbocycles. The second-order valence-corrected chi connectivity index (χ2v) is 10.5. The predicted octanol–water partition coefficient (Wildman–Crippen LogP) is 2.56. The van der Waals surface area contributed by atoms with Crippen molar-refractivity contribution in [3.8, 4) is 11.6 Å². The number of carbonyl (C=O) groups excluding carboxylic acids is 1. The molecule has 2 aliphatic rings. The van der Waals surface area contributed by atoms with Gasteiger partial charge in [0.05, 0.1) is 26.0 Å². The Morgan fingerprint density at radius 1 is 1.22 bits per heavy atom. The van der Waals surface area contributed by atoms with Crippen LogP contribution in [0.2, 0.25) is 0 Å². The summed E-state index contributed by atoms with van der Waals surface area (Å²) in [6.07, 6.45) is 3.47. The molecule has 1 aliphatic heterocycles. The SMILES string of the molecule is COc1c(N2CCOCC2)cc(C(=O)C[n+]2nc(N)n3nc(OC4CCC4)ccc32)cc1C(C)(C)C. The first-order chi connectivity index (χ1) is 17.2. The van der Waals surface area contributed by atoms with Gasteiger partial charge in [0.1, 0.15) is 11.9 Å². The smallest absolute Gasteiger partial charge is 0.355 e. The van der Waals surface area contributed by atoms with Crippen LogP contribution in [0.25, 0.3) is 5.65 Å². The fraction of sp³-hybridized carbons (Fsp3) is 0.538. The minimum atomic E-state index is -0.220. The van der Waals surface area contributed by atoms with E-state index in [1.165, 1.54) is 10.9 Å². The van der Waals surface area contributed by atoms with Crippen LogP contribution in [0.3, 0.4) is 0 Å². The van der Waals surface area contributed by atoms with Gasteiger partial charge >= 0.3 is 11.6 Å². The maximum atomic E-state index is 13.6. The van der Waals surface area contributed by atoms with Crippen LogP contribution in [0.15, 0.2) is 24.3 Å². The van der Waals surface area contributed by atoms with Crippen LogP contribution in [0.5, 0.6) is 11.6 Å². The summed E-state index contributed by atoms with van der Waals surface area (Å²) in [6, 6.07) is 7.51. The van der Waals surface area contributed by atoms with E-state index in [2.05, 4.69) is 35.9 Å². The molecule has 10 heteroatoms. The molecular weight excluding hydrogens is 460 g/mol. The summed E-state index contributed by atoms with van der Waals surface area (Å²) in [5, 5.41) is 8.88. The highest BCUT2D eigenvalue weighted by atomic mass is 16.5. The van der Waals surface area contributed by atoms with Gasteiger partial charge < -0.3 is 24.8 Å². The molecule has 3 heterocycles. The van der Waals surface area contributed by atoms with Gasteiger partial charge in [0, 0.05) is 36.3 Å². The Morgan fingerprint density at radius 2 is 1.97 bits per heavy atom. The highest BCUT2D eigenvalue weighted by Gasteiger charge is 2.29. The van der Waals surface area contributed by atoms with Crippen molar-refractivity contribution in [2.45, 2.75) is 58.1 Å². The van der Waals surface area contributed by atoms with Gasteiger partial charge in [0.15, 0.2) is 6.54 Å². The third kappa shape index (κ3) is 4.69. The lowest BCUT2D eigenvalue weighted by Gasteiger charge is -2.33. The lowest BCUT2D eigenvalue weighted by Crippen LogP contribution is -2.41. The van der Waals surface area contributed by atoms with Gasteiger partial charge in [-0.2, -0.15) is 0 Å². The molecule has 0 atom stereocenters. The molecule has 2 fully saturated rings. The number of benzene rings is 1. The number of fused-ring (bicyclic) bond motifs is 1. The summed E-state index contributed by atoms with van der Waals surface area (Å²) in [6.45, 7) is 9.16. The number of anilines is 2. The number of methoxy groups -OCH3 is 1. The highest BCUT2D eigenvalue weighted by Crippen LogP contribution is 2.40. The van der Waals surface area contributed by atoms with Crippen molar-refractivity contribution in [3.63, 3.8) is 0 Å². The van der Waals surface area contributed by atoms with Crippen molar-refractivity contribution in [2.75, 3.05) is 44.0 Å². The van der Waals surface area contributed by atoms with E-state index < -0.39 is 0 Å². The molecule has 10 nitrogen and oxygen atoms in total. The molecule has 2 N–H and O–H groups in total. The van der Waals surface area contributed by atoms with Gasteiger partial charge in [-0.3, -0.25) is 4.79 Å². The summed E-state index contributed by atoms with van der Waals surface area (Å²) in [7, 11) is 1.68. The molecule has 1 aliphatic carbocycles. The van der Waals surface area contributed by atoms with Crippen LogP contribution < -0.4 is 24.8 Å². The average molecular weight is 496 g/mol. The van der Waals surface area contributed by atoms with Crippen molar-refractivity contribution in [1.82, 2.24) is 14.7 Å². The number of nitrogens with two attached hydrogens (primary N) is 1. The Balaban J connectivity index is 1.47. The number of nitrogen functional groups attached to an aromatic ring is 1. The Labute approximate surface area is 210 Å². The number of Topliss-reactive ketones (excluding diaryl/α,β-unsaturated/α-hetero) is 1. The zero-order valence-electron chi connectivity index (χ0n) is 21.5. The first-order valence-corrected chi connectivity index (χ1v) is 12.5. The number of rotatable bonds is 7. The molecule has 1 saturated heterocycles. The standard InChI is InChI=1S/C26H35N6O4/c1-26(2,3)19-14-17(15-20(24(19)34-4)30-10-12-35-13-11-30)21(33)16-31-23-9-8-22(36-18-6-5-7-18)28-32(23)25(27)29-31/h8-9,14-15,18H,5-7,10-13,16H2,1-4H3,(H2,27,29)/q+1. The summed E-state index contributed by atoms with van der Waals surface area (Å²) < 4.78 is 20.4. The second-order valence-electron chi connectivity index (χ2n) is 10.5. The average Bonchev–Trinajstić information content (AvgIpc) is 3.14. The van der Waals surface area contributed by atoms with Gasteiger partial charge in [0.2, 0.25) is 5.78 Å². The van der Waals surface area contributed by atoms with Crippen LogP contribution in [-0.2, 0) is 16.7 Å². The second kappa shape index (κ2) is 9.57. The molecule has 0 unspecified atom stereocenters. The fourth-order valence-corrected chi connectivity index (χ4v) is 4.63. The van der Waals surface area contributed by atoms with Crippen LogP contribution in [-0.4, -0.2) is 60.0 Å².